The van der Waals surface area contributed by atoms with E-state index in [1.165, 1.54) is 58.7 Å². The molecule has 5 aliphatic heterocycles. The highest BCUT2D eigenvalue weighted by Crippen LogP contribution is 2.39. The van der Waals surface area contributed by atoms with Gasteiger partial charge < -0.3 is 60.0 Å². The fraction of sp³-hybridized carbons (Fsp3) is 0.341. The molecule has 16 rings (SSSR count). The Morgan fingerprint density at radius 3 is 1.04 bits per heavy atom. The van der Waals surface area contributed by atoms with Crippen LogP contribution in [-0.4, -0.2) is 155 Å². The van der Waals surface area contributed by atoms with Gasteiger partial charge in [-0.25, -0.2) is 47.4 Å². The molecule has 0 saturated heterocycles. The fourth-order valence-electron chi connectivity index (χ4n) is 15.4. The van der Waals surface area contributed by atoms with Crippen molar-refractivity contribution in [1.29, 1.82) is 0 Å². The van der Waals surface area contributed by atoms with Gasteiger partial charge in [0.2, 0.25) is 0 Å². The van der Waals surface area contributed by atoms with E-state index in [1.807, 2.05) is 109 Å². The molecule has 0 aliphatic carbocycles. The SMILES string of the molecule is COC(=O)c1c(C(F)(F)F)nn2c1NCC2.COC(=O)c1c(C)nn2c1N(Cc1ccccc1C)CC2.COC(=O)c1ccc([C@H](C)NC(=O)c2c(C)nn3c2N(Cc2ccccc2C)CC3)cc1.Cc1ccccc1CN1CCn2nc(C)c(C(=O)N[C@@H](C)c3ccc(C(=O)O)cc3)c21.Cc1ccccc1CN1CCn2nc(C)c(C(=O)O)c21. The molecule has 32 heteroatoms. The Labute approximate surface area is 692 Å². The van der Waals surface area contributed by atoms with Crippen LogP contribution in [0.3, 0.4) is 0 Å². The predicted octanol–water partition coefficient (Wildman–Crippen LogP) is 13.1. The van der Waals surface area contributed by atoms with Gasteiger partial charge in [0.05, 0.1) is 100 Å². The first-order chi connectivity index (χ1) is 57.4. The summed E-state index contributed by atoms with van der Waals surface area (Å²) in [6, 6.07) is 46.2. The molecule has 628 valence electrons. The van der Waals surface area contributed by atoms with E-state index >= 15 is 0 Å². The molecule has 6 aromatic carbocycles. The number of carbonyl (C=O) groups excluding carboxylic acids is 5. The van der Waals surface area contributed by atoms with E-state index in [4.69, 9.17) is 14.6 Å². The molecule has 11 aromatic rings. The van der Waals surface area contributed by atoms with Crippen molar-refractivity contribution in [1.82, 2.24) is 59.5 Å². The van der Waals surface area contributed by atoms with E-state index in [0.29, 0.717) is 52.3 Å². The normalized spacial score (nSPS) is 13.7. The van der Waals surface area contributed by atoms with Gasteiger partial charge in [-0.1, -0.05) is 121 Å². The van der Waals surface area contributed by atoms with Crippen molar-refractivity contribution in [3.8, 4) is 0 Å². The molecule has 5 N–H and O–H groups in total. The first-order valence-electron chi connectivity index (χ1n) is 39.3. The number of methoxy groups -OCH3 is 3. The summed E-state index contributed by atoms with van der Waals surface area (Å²) < 4.78 is 60.4. The zero-order valence-electron chi connectivity index (χ0n) is 69.3. The van der Waals surface area contributed by atoms with Gasteiger partial charge in [0.1, 0.15) is 56.9 Å². The number of hydrogen-bond donors (Lipinski definition) is 5. The standard InChI is InChI=1S/C25H28N4O3.C24H26N4O3.C16H19N3O2.C15H17N3O2.C8H8F3N3O2/c1-16-7-5-6-8-21(16)15-28-13-14-29-24(28)22(18(3)27-29)23(30)26-17(2)19-9-11-20(12-10-19)25(31)32-4;1-15-6-4-5-7-20(15)14-27-12-13-28-23(27)21(17(3)26-28)22(29)25-16(2)18-8-10-19(11-9-18)24(30)31;1-11-6-4-5-7-13(11)10-18-8-9-19-15(18)14(12(2)17-19)16(20)21-3;1-10-5-3-4-6-12(10)9-17-7-8-18-14(17)13(15(19)20)11(2)16-18;1-16-7(15)4-5(8(9,10)11)13-14-3-2-12-6(4)14/h5-12,17H,13-15H2,1-4H3,(H,26,30);4-11,16H,12-14H2,1-3H3,(H,25,29)(H,30,31);4-7H,8-10H2,1-3H3;3-6H,7-9H2,1-2H3,(H,19,20);12H,2-3H2,1H3/t17-;16-;;;/m00.../s1. The molecule has 2 atom stereocenters. The molecular weight excluding hydrogens is 1540 g/mol. The van der Waals surface area contributed by atoms with Crippen LogP contribution in [0.4, 0.5) is 42.3 Å². The number of nitrogens with zero attached hydrogens (tertiary/aromatic N) is 14. The number of rotatable bonds is 19. The summed E-state index contributed by atoms with van der Waals surface area (Å²) in [6.45, 7) is 29.6. The van der Waals surface area contributed by atoms with Crippen LogP contribution < -0.4 is 35.6 Å². The number of halogens is 3. The van der Waals surface area contributed by atoms with Crippen molar-refractivity contribution < 1.29 is 71.2 Å². The minimum absolute atomic E-state index is 0.0687. The molecule has 5 aliphatic rings. The summed E-state index contributed by atoms with van der Waals surface area (Å²) in [5, 5.41) is 48.6. The number of fused-ring (bicyclic) bond motifs is 5. The van der Waals surface area contributed by atoms with Crippen molar-refractivity contribution in [2.75, 3.05) is 79.0 Å². The lowest BCUT2D eigenvalue weighted by Crippen LogP contribution is -2.29. The molecule has 0 unspecified atom stereocenters. The van der Waals surface area contributed by atoms with E-state index in [-0.39, 0.29) is 47.2 Å². The molecule has 0 bridgehead atoms. The van der Waals surface area contributed by atoms with Gasteiger partial charge in [-0.15, -0.1) is 0 Å². The first kappa shape index (κ1) is 85.8. The molecular formula is C88H98F3N17O12. The first-order valence-corrected chi connectivity index (χ1v) is 39.3. The summed E-state index contributed by atoms with van der Waals surface area (Å²) in [4.78, 5) is 92.7. The maximum Gasteiger partial charge on any atom is 0.436 e. The number of hydrogen-bond acceptors (Lipinski definition) is 20. The van der Waals surface area contributed by atoms with Crippen molar-refractivity contribution >= 4 is 70.8 Å². The number of nitrogens with one attached hydrogen (secondary N) is 3. The van der Waals surface area contributed by atoms with Crippen LogP contribution in [0.25, 0.3) is 0 Å². The van der Waals surface area contributed by atoms with Gasteiger partial charge in [-0.05, 0) is 149 Å². The average molecular weight is 1640 g/mol. The van der Waals surface area contributed by atoms with Crippen molar-refractivity contribution in [3.05, 3.63) is 269 Å². The lowest BCUT2D eigenvalue weighted by atomic mass is 10.1. The Bertz CT molecular complexity index is 5650. The number of esters is 3. The van der Waals surface area contributed by atoms with Crippen molar-refractivity contribution in [2.24, 2.45) is 0 Å². The molecule has 10 heterocycles. The molecule has 0 spiro atoms. The maximum atomic E-state index is 13.3. The number of carboxylic acids is 2. The van der Waals surface area contributed by atoms with Gasteiger partial charge in [0, 0.05) is 58.9 Å². The van der Waals surface area contributed by atoms with E-state index < -0.39 is 35.3 Å². The van der Waals surface area contributed by atoms with Gasteiger partial charge in [-0.3, -0.25) is 9.59 Å². The number of benzene rings is 6. The predicted molar refractivity (Wildman–Crippen MR) is 445 cm³/mol. The number of carbonyl (C=O) groups is 7. The van der Waals surface area contributed by atoms with E-state index in [9.17, 15) is 51.8 Å². The second-order valence-corrected chi connectivity index (χ2v) is 29.9. The second kappa shape index (κ2) is 37.0. The summed E-state index contributed by atoms with van der Waals surface area (Å²) in [5.41, 5.74) is 15.5. The topological polar surface area (TPSA) is 326 Å². The summed E-state index contributed by atoms with van der Waals surface area (Å²) in [6.07, 6.45) is -4.66. The van der Waals surface area contributed by atoms with Crippen LogP contribution in [0.2, 0.25) is 0 Å². The number of aromatic nitrogens is 10. The monoisotopic (exact) mass is 1640 g/mol. The van der Waals surface area contributed by atoms with Crippen LogP contribution in [0.5, 0.6) is 0 Å². The maximum absolute atomic E-state index is 13.3. The third-order valence-electron chi connectivity index (χ3n) is 21.9. The largest absolute Gasteiger partial charge is 0.478 e. The van der Waals surface area contributed by atoms with Crippen LogP contribution >= 0.6 is 0 Å². The zero-order chi connectivity index (χ0) is 86.1. The number of ether oxygens (including phenoxy) is 3. The minimum atomic E-state index is -4.66. The van der Waals surface area contributed by atoms with Crippen LogP contribution in [0.1, 0.15) is 183 Å². The number of aromatic carboxylic acids is 2. The van der Waals surface area contributed by atoms with Crippen molar-refractivity contribution in [3.63, 3.8) is 0 Å². The Morgan fingerprint density at radius 2 is 0.708 bits per heavy atom. The smallest absolute Gasteiger partial charge is 0.436 e. The van der Waals surface area contributed by atoms with Crippen LogP contribution in [-0.2, 0) is 79.3 Å². The number of anilines is 5. The highest BCUT2D eigenvalue weighted by molar-refractivity contribution is 6.02. The Hall–Kier alpha value is -13.6. The van der Waals surface area contributed by atoms with Gasteiger partial charge in [0.15, 0.2) is 5.69 Å². The molecule has 0 radical (unpaired) electrons. The number of carboxylic acid groups (broad SMARTS) is 2. The van der Waals surface area contributed by atoms with E-state index in [0.717, 1.165) is 136 Å². The summed E-state index contributed by atoms with van der Waals surface area (Å²) in [7, 11) is 3.79. The lowest BCUT2D eigenvalue weighted by Gasteiger charge is -2.21. The van der Waals surface area contributed by atoms with Gasteiger partial charge >= 0.3 is 36.0 Å². The third-order valence-corrected chi connectivity index (χ3v) is 21.9. The highest BCUT2D eigenvalue weighted by atomic mass is 19.4. The Morgan fingerprint density at radius 1 is 0.392 bits per heavy atom. The molecule has 0 saturated carbocycles. The van der Waals surface area contributed by atoms with Gasteiger partial charge in [-0.2, -0.15) is 38.7 Å². The third kappa shape index (κ3) is 18.7. The van der Waals surface area contributed by atoms with Crippen LogP contribution in [0.15, 0.2) is 146 Å². The average Bonchev–Trinajstić information content (AvgIpc) is 1.62. The molecule has 0 fully saturated rings. The zero-order valence-corrected chi connectivity index (χ0v) is 69.3. The molecule has 120 heavy (non-hydrogen) atoms. The fourth-order valence-corrected chi connectivity index (χ4v) is 15.4. The second-order valence-electron chi connectivity index (χ2n) is 29.9. The lowest BCUT2D eigenvalue weighted by molar-refractivity contribution is -0.142. The van der Waals surface area contributed by atoms with Crippen molar-refractivity contribution in [2.45, 2.75) is 146 Å². The quantitative estimate of drug-likeness (QED) is 0.0371. The number of amides is 2. The Balaban J connectivity index is 0.000000141. The molecule has 29 nitrogen and oxygen atoms in total. The molecule has 2 amide bonds. The summed E-state index contributed by atoms with van der Waals surface area (Å²) >= 11 is 0. The summed E-state index contributed by atoms with van der Waals surface area (Å²) in [5.74, 6) is -0.525. The van der Waals surface area contributed by atoms with E-state index in [2.05, 4.69) is 142 Å². The Kier molecular flexibility index (Phi) is 26.4. The van der Waals surface area contributed by atoms with Crippen LogP contribution in [0, 0.1) is 55.4 Å². The minimum Gasteiger partial charge on any atom is -0.478 e. The highest BCUT2D eigenvalue weighted by Gasteiger charge is 2.43. The van der Waals surface area contributed by atoms with Gasteiger partial charge in [0.25, 0.3) is 11.8 Å². The van der Waals surface area contributed by atoms with E-state index in [1.54, 1.807) is 48.0 Å². The number of aryl methyl sites for hydroxylation is 8. The molecule has 5 aromatic heterocycles. The number of alkyl halides is 3.